The Labute approximate surface area is 114 Å². The fourth-order valence-electron chi connectivity index (χ4n) is 3.30. The van der Waals surface area contributed by atoms with Gasteiger partial charge in [-0.2, -0.15) is 0 Å². The van der Waals surface area contributed by atoms with Gasteiger partial charge in [-0.25, -0.2) is 0 Å². The van der Waals surface area contributed by atoms with Crippen molar-refractivity contribution in [1.82, 2.24) is 0 Å². The smallest absolute Gasteiger partial charge is 0.313 e. The summed E-state index contributed by atoms with van der Waals surface area (Å²) < 4.78 is 0. The molecule has 1 aliphatic carbocycles. The zero-order chi connectivity index (χ0) is 13.9. The van der Waals surface area contributed by atoms with E-state index in [9.17, 15) is 15.0 Å². The van der Waals surface area contributed by atoms with Crippen LogP contribution in [0.4, 0.5) is 0 Å². The maximum Gasteiger partial charge on any atom is 0.313 e. The lowest BCUT2D eigenvalue weighted by Crippen LogP contribution is -2.45. The molecule has 0 amide bonds. The SMILES string of the molecule is CC(O)(C1CCCCC1)C(C(=O)O)c1ccccc1. The fourth-order valence-corrected chi connectivity index (χ4v) is 3.30. The lowest BCUT2D eigenvalue weighted by Gasteiger charge is -2.39. The van der Waals surface area contributed by atoms with Gasteiger partial charge in [0.05, 0.1) is 5.60 Å². The second kappa shape index (κ2) is 5.74. The molecular weight excluding hydrogens is 240 g/mol. The molecule has 0 heterocycles. The van der Waals surface area contributed by atoms with E-state index >= 15 is 0 Å². The van der Waals surface area contributed by atoms with E-state index in [0.29, 0.717) is 5.56 Å². The predicted octanol–water partition coefficient (Wildman–Crippen LogP) is 3.19. The number of hydrogen-bond acceptors (Lipinski definition) is 2. The van der Waals surface area contributed by atoms with E-state index in [2.05, 4.69) is 0 Å². The van der Waals surface area contributed by atoms with Crippen LogP contribution in [0.15, 0.2) is 30.3 Å². The van der Waals surface area contributed by atoms with Gasteiger partial charge in [-0.3, -0.25) is 4.79 Å². The van der Waals surface area contributed by atoms with Crippen LogP contribution in [0.5, 0.6) is 0 Å². The van der Waals surface area contributed by atoms with Crippen LogP contribution in [0.25, 0.3) is 0 Å². The molecule has 0 saturated heterocycles. The molecule has 0 spiro atoms. The number of carboxylic acids is 1. The van der Waals surface area contributed by atoms with Crippen molar-refractivity contribution in [2.75, 3.05) is 0 Å². The Hall–Kier alpha value is -1.35. The first kappa shape index (κ1) is 14.1. The van der Waals surface area contributed by atoms with E-state index in [0.717, 1.165) is 25.7 Å². The largest absolute Gasteiger partial charge is 0.481 e. The quantitative estimate of drug-likeness (QED) is 0.876. The van der Waals surface area contributed by atoms with Crippen LogP contribution in [-0.2, 0) is 4.79 Å². The van der Waals surface area contributed by atoms with Crippen LogP contribution in [0, 0.1) is 5.92 Å². The average Bonchev–Trinajstić information content (AvgIpc) is 2.40. The average molecular weight is 262 g/mol. The van der Waals surface area contributed by atoms with Crippen LogP contribution < -0.4 is 0 Å². The van der Waals surface area contributed by atoms with Crippen LogP contribution in [-0.4, -0.2) is 21.8 Å². The maximum atomic E-state index is 11.6. The highest BCUT2D eigenvalue weighted by atomic mass is 16.4. The summed E-state index contributed by atoms with van der Waals surface area (Å²) in [4.78, 5) is 11.6. The molecule has 2 atom stereocenters. The molecule has 0 aliphatic heterocycles. The van der Waals surface area contributed by atoms with Gasteiger partial charge in [0.2, 0.25) is 0 Å². The van der Waals surface area contributed by atoms with E-state index in [4.69, 9.17) is 0 Å². The highest BCUT2D eigenvalue weighted by molar-refractivity contribution is 5.77. The van der Waals surface area contributed by atoms with Gasteiger partial charge < -0.3 is 10.2 Å². The lowest BCUT2D eigenvalue weighted by molar-refractivity contribution is -0.149. The minimum absolute atomic E-state index is 0.0718. The molecule has 1 aromatic carbocycles. The van der Waals surface area contributed by atoms with Crippen molar-refractivity contribution in [3.63, 3.8) is 0 Å². The van der Waals surface area contributed by atoms with Crippen LogP contribution in [0.1, 0.15) is 50.5 Å². The second-order valence-electron chi connectivity index (χ2n) is 5.74. The third-order valence-electron chi connectivity index (χ3n) is 4.40. The molecule has 1 saturated carbocycles. The summed E-state index contributed by atoms with van der Waals surface area (Å²) in [6.07, 6.45) is 5.20. The van der Waals surface area contributed by atoms with Crippen LogP contribution in [0.3, 0.4) is 0 Å². The Morgan fingerprint density at radius 2 is 1.79 bits per heavy atom. The highest BCUT2D eigenvalue weighted by Gasteiger charge is 2.44. The van der Waals surface area contributed by atoms with Crippen LogP contribution in [0.2, 0.25) is 0 Å². The molecule has 0 bridgehead atoms. The summed E-state index contributed by atoms with van der Waals surface area (Å²) in [6, 6.07) is 9.08. The Balaban J connectivity index is 2.29. The van der Waals surface area contributed by atoms with E-state index in [1.54, 1.807) is 19.1 Å². The molecule has 3 nitrogen and oxygen atoms in total. The van der Waals surface area contributed by atoms with Gasteiger partial charge >= 0.3 is 5.97 Å². The van der Waals surface area contributed by atoms with Gasteiger partial charge in [0.25, 0.3) is 0 Å². The van der Waals surface area contributed by atoms with Gasteiger partial charge in [0.15, 0.2) is 0 Å². The summed E-state index contributed by atoms with van der Waals surface area (Å²) >= 11 is 0. The molecule has 1 fully saturated rings. The summed E-state index contributed by atoms with van der Waals surface area (Å²) in [7, 11) is 0. The van der Waals surface area contributed by atoms with Gasteiger partial charge in [0, 0.05) is 0 Å². The number of benzene rings is 1. The number of rotatable bonds is 4. The van der Waals surface area contributed by atoms with E-state index in [1.807, 2.05) is 18.2 Å². The zero-order valence-corrected chi connectivity index (χ0v) is 11.4. The molecule has 19 heavy (non-hydrogen) atoms. The lowest BCUT2D eigenvalue weighted by atomic mass is 9.69. The maximum absolute atomic E-state index is 11.6. The number of carboxylic acid groups (broad SMARTS) is 1. The first-order valence-corrected chi connectivity index (χ1v) is 7.03. The topological polar surface area (TPSA) is 57.5 Å². The third-order valence-corrected chi connectivity index (χ3v) is 4.40. The molecule has 2 unspecified atom stereocenters. The Bertz CT molecular complexity index is 419. The van der Waals surface area contributed by atoms with Crippen molar-refractivity contribution in [3.8, 4) is 0 Å². The van der Waals surface area contributed by atoms with Crippen molar-refractivity contribution in [1.29, 1.82) is 0 Å². The van der Waals surface area contributed by atoms with Crippen molar-refractivity contribution in [2.45, 2.75) is 50.5 Å². The third kappa shape index (κ3) is 2.98. The highest BCUT2D eigenvalue weighted by Crippen LogP contribution is 2.41. The van der Waals surface area contributed by atoms with E-state index < -0.39 is 17.5 Å². The molecular formula is C16H22O3. The molecule has 1 aromatic rings. The zero-order valence-electron chi connectivity index (χ0n) is 11.4. The standard InChI is InChI=1S/C16H22O3/c1-16(19,13-10-6-3-7-11-13)14(15(17)18)12-8-4-2-5-9-12/h2,4-5,8-9,13-14,19H,3,6-7,10-11H2,1H3,(H,17,18). The first-order valence-electron chi connectivity index (χ1n) is 7.03. The van der Waals surface area contributed by atoms with E-state index in [-0.39, 0.29) is 5.92 Å². The van der Waals surface area contributed by atoms with E-state index in [1.165, 1.54) is 6.42 Å². The van der Waals surface area contributed by atoms with Gasteiger partial charge in [0.1, 0.15) is 5.92 Å². The van der Waals surface area contributed by atoms with Gasteiger partial charge in [-0.1, -0.05) is 49.6 Å². The predicted molar refractivity (Wildman–Crippen MR) is 74.0 cm³/mol. The number of aliphatic carboxylic acids is 1. The Morgan fingerprint density at radius 3 is 2.32 bits per heavy atom. The summed E-state index contributed by atoms with van der Waals surface area (Å²) in [5.41, 5.74) is -0.501. The number of carbonyl (C=O) groups is 1. The van der Waals surface area contributed by atoms with Crippen molar-refractivity contribution < 1.29 is 15.0 Å². The number of hydrogen-bond donors (Lipinski definition) is 2. The normalized spacial score (nSPS) is 21.6. The van der Waals surface area contributed by atoms with Crippen molar-refractivity contribution >= 4 is 5.97 Å². The summed E-state index contributed by atoms with van der Waals surface area (Å²) in [5.74, 6) is -1.72. The second-order valence-corrected chi connectivity index (χ2v) is 5.74. The minimum Gasteiger partial charge on any atom is -0.481 e. The van der Waals surface area contributed by atoms with Crippen molar-refractivity contribution in [3.05, 3.63) is 35.9 Å². The van der Waals surface area contributed by atoms with Gasteiger partial charge in [-0.05, 0) is 31.2 Å². The number of aliphatic hydroxyl groups is 1. The monoisotopic (exact) mass is 262 g/mol. The van der Waals surface area contributed by atoms with Crippen molar-refractivity contribution in [2.24, 2.45) is 5.92 Å². The van der Waals surface area contributed by atoms with Crippen LogP contribution >= 0.6 is 0 Å². The van der Waals surface area contributed by atoms with Gasteiger partial charge in [-0.15, -0.1) is 0 Å². The molecule has 1 aliphatic rings. The molecule has 104 valence electrons. The molecule has 0 aromatic heterocycles. The molecule has 3 heteroatoms. The molecule has 0 radical (unpaired) electrons. The summed E-state index contributed by atoms with van der Waals surface area (Å²) in [6.45, 7) is 1.69. The first-order chi connectivity index (χ1) is 9.03. The minimum atomic E-state index is -1.19. The molecule has 2 rings (SSSR count). The molecule has 2 N–H and O–H groups in total. The Morgan fingerprint density at radius 1 is 1.21 bits per heavy atom. The fraction of sp³-hybridized carbons (Fsp3) is 0.562. The Kier molecular flexibility index (Phi) is 4.25. The summed E-state index contributed by atoms with van der Waals surface area (Å²) in [5, 5.41) is 20.4.